The van der Waals surface area contributed by atoms with Gasteiger partial charge in [0.2, 0.25) is 0 Å². The lowest BCUT2D eigenvalue weighted by Crippen LogP contribution is -2.27. The number of aryl methyl sites for hydroxylation is 1. The summed E-state index contributed by atoms with van der Waals surface area (Å²) in [6.07, 6.45) is 2.14. The molecule has 20 heavy (non-hydrogen) atoms. The van der Waals surface area contributed by atoms with Gasteiger partial charge in [-0.05, 0) is 12.3 Å². The zero-order valence-electron chi connectivity index (χ0n) is 12.3. The molecule has 0 aliphatic rings. The van der Waals surface area contributed by atoms with E-state index < -0.39 is 9.84 Å². The fourth-order valence-electron chi connectivity index (χ4n) is 1.66. The molecule has 0 aliphatic heterocycles. The first-order chi connectivity index (χ1) is 9.34. The van der Waals surface area contributed by atoms with Gasteiger partial charge in [0.1, 0.15) is 0 Å². The van der Waals surface area contributed by atoms with Crippen molar-refractivity contribution in [2.45, 2.75) is 33.7 Å². The summed E-state index contributed by atoms with van der Waals surface area (Å²) in [5.41, 5.74) is 0.377. The monoisotopic (exact) mass is 301 g/mol. The molecule has 0 unspecified atom stereocenters. The van der Waals surface area contributed by atoms with Gasteiger partial charge in [-0.2, -0.15) is 5.10 Å². The summed E-state index contributed by atoms with van der Waals surface area (Å²) in [5, 5.41) is 7.11. The first-order valence-corrected chi connectivity index (χ1v) is 8.67. The lowest BCUT2D eigenvalue weighted by molar-refractivity contribution is 0.570. The number of anilines is 1. The number of rotatable bonds is 8. The maximum atomic E-state index is 11.8. The van der Waals surface area contributed by atoms with Crippen molar-refractivity contribution < 1.29 is 8.42 Å². The van der Waals surface area contributed by atoms with E-state index >= 15 is 0 Å². The molecule has 1 aromatic rings. The molecule has 7 heteroatoms. The van der Waals surface area contributed by atoms with Crippen LogP contribution in [0.5, 0.6) is 0 Å². The molecule has 0 amide bonds. The highest BCUT2D eigenvalue weighted by molar-refractivity contribution is 7.91. The topological polar surface area (TPSA) is 81.1 Å². The summed E-state index contributed by atoms with van der Waals surface area (Å²) >= 11 is 0. The van der Waals surface area contributed by atoms with E-state index in [1.54, 1.807) is 6.20 Å². The number of hydrogen-bond acceptors (Lipinski definition) is 5. The van der Waals surface area contributed by atoms with Crippen LogP contribution >= 0.6 is 0 Å². The van der Waals surface area contributed by atoms with Crippen molar-refractivity contribution >= 4 is 15.5 Å². The molecule has 0 radical (unpaired) electrons. The van der Waals surface area contributed by atoms with Gasteiger partial charge in [-0.1, -0.05) is 20.8 Å². The number of nitrogens with zero attached hydrogens (tertiary/aromatic N) is 2. The SMILES string of the molecule is CCCS(=O)(=O)CCn1ncc(NCC(C)C)cc1=O. The van der Waals surface area contributed by atoms with Crippen LogP contribution in [0.25, 0.3) is 0 Å². The Kier molecular flexibility index (Phi) is 6.19. The smallest absolute Gasteiger partial charge is 0.268 e. The molecule has 0 aromatic carbocycles. The fourth-order valence-corrected chi connectivity index (χ4v) is 2.94. The molecule has 0 fully saturated rings. The Hall–Kier alpha value is -1.37. The van der Waals surface area contributed by atoms with Gasteiger partial charge in [0.25, 0.3) is 5.56 Å². The van der Waals surface area contributed by atoms with Crippen molar-refractivity contribution in [2.75, 3.05) is 23.4 Å². The van der Waals surface area contributed by atoms with Crippen LogP contribution in [0, 0.1) is 5.92 Å². The Bertz CT molecular complexity index is 579. The second-order valence-corrected chi connectivity index (χ2v) is 7.54. The predicted molar refractivity (Wildman–Crippen MR) is 80.8 cm³/mol. The van der Waals surface area contributed by atoms with Crippen LogP contribution in [-0.4, -0.2) is 36.2 Å². The van der Waals surface area contributed by atoms with Crippen molar-refractivity contribution in [3.63, 3.8) is 0 Å². The van der Waals surface area contributed by atoms with Gasteiger partial charge >= 0.3 is 0 Å². The van der Waals surface area contributed by atoms with Crippen molar-refractivity contribution in [3.8, 4) is 0 Å². The number of nitrogens with one attached hydrogen (secondary N) is 1. The quantitative estimate of drug-likeness (QED) is 0.778. The van der Waals surface area contributed by atoms with E-state index in [0.29, 0.717) is 18.0 Å². The largest absolute Gasteiger partial charge is 0.383 e. The van der Waals surface area contributed by atoms with E-state index in [2.05, 4.69) is 24.3 Å². The standard InChI is InChI=1S/C13H23N3O3S/c1-4-6-20(18,19)7-5-16-13(17)8-12(10-15-16)14-9-11(2)3/h8,10-11,14H,4-7,9H2,1-3H3. The normalized spacial score (nSPS) is 11.8. The van der Waals surface area contributed by atoms with E-state index in [1.165, 1.54) is 10.7 Å². The van der Waals surface area contributed by atoms with Crippen LogP contribution in [0.3, 0.4) is 0 Å². The fraction of sp³-hybridized carbons (Fsp3) is 0.692. The number of hydrogen-bond donors (Lipinski definition) is 1. The number of aromatic nitrogens is 2. The molecule has 0 bridgehead atoms. The van der Waals surface area contributed by atoms with Gasteiger partial charge < -0.3 is 5.32 Å². The van der Waals surface area contributed by atoms with E-state index in [9.17, 15) is 13.2 Å². The first kappa shape index (κ1) is 16.7. The Morgan fingerprint density at radius 1 is 1.35 bits per heavy atom. The third kappa shape index (κ3) is 5.73. The third-order valence-electron chi connectivity index (χ3n) is 2.71. The van der Waals surface area contributed by atoms with Crippen molar-refractivity contribution in [2.24, 2.45) is 5.92 Å². The lowest BCUT2D eigenvalue weighted by atomic mass is 10.2. The second-order valence-electron chi connectivity index (χ2n) is 5.23. The van der Waals surface area contributed by atoms with Crippen LogP contribution in [0.15, 0.2) is 17.1 Å². The summed E-state index contributed by atoms with van der Waals surface area (Å²) in [4.78, 5) is 11.8. The molecule has 6 nitrogen and oxygen atoms in total. The minimum absolute atomic E-state index is 0.0491. The maximum absolute atomic E-state index is 11.8. The van der Waals surface area contributed by atoms with E-state index in [0.717, 1.165) is 6.54 Å². The molecule has 1 heterocycles. The molecule has 0 saturated heterocycles. The maximum Gasteiger partial charge on any atom is 0.268 e. The molecule has 0 spiro atoms. The highest BCUT2D eigenvalue weighted by Gasteiger charge is 2.10. The van der Waals surface area contributed by atoms with Gasteiger partial charge in [0.15, 0.2) is 9.84 Å². The zero-order chi connectivity index (χ0) is 15.2. The Balaban J connectivity index is 2.67. The Morgan fingerprint density at radius 2 is 2.05 bits per heavy atom. The lowest BCUT2D eigenvalue weighted by Gasteiger charge is -2.09. The van der Waals surface area contributed by atoms with Crippen molar-refractivity contribution in [1.29, 1.82) is 0 Å². The van der Waals surface area contributed by atoms with Gasteiger partial charge in [-0.15, -0.1) is 0 Å². The average Bonchev–Trinajstić information content (AvgIpc) is 2.35. The molecule has 1 aromatic heterocycles. The zero-order valence-corrected chi connectivity index (χ0v) is 13.1. The van der Waals surface area contributed by atoms with Crippen LogP contribution in [0.1, 0.15) is 27.2 Å². The summed E-state index contributed by atoms with van der Waals surface area (Å²) in [6, 6.07) is 1.45. The molecule has 0 aliphatic carbocycles. The minimum Gasteiger partial charge on any atom is -0.383 e. The van der Waals surface area contributed by atoms with E-state index in [4.69, 9.17) is 0 Å². The van der Waals surface area contributed by atoms with Crippen LogP contribution in [0.4, 0.5) is 5.69 Å². The van der Waals surface area contributed by atoms with Crippen LogP contribution in [-0.2, 0) is 16.4 Å². The Labute approximate surface area is 120 Å². The Morgan fingerprint density at radius 3 is 2.60 bits per heavy atom. The molecular weight excluding hydrogens is 278 g/mol. The summed E-state index contributed by atoms with van der Waals surface area (Å²) in [7, 11) is -3.09. The van der Waals surface area contributed by atoms with Crippen LogP contribution in [0.2, 0.25) is 0 Å². The average molecular weight is 301 g/mol. The molecule has 1 N–H and O–H groups in total. The minimum atomic E-state index is -3.09. The molecule has 0 saturated carbocycles. The first-order valence-electron chi connectivity index (χ1n) is 6.85. The summed E-state index contributed by atoms with van der Waals surface area (Å²) in [6.45, 7) is 6.82. The van der Waals surface area contributed by atoms with Gasteiger partial charge in [0, 0.05) is 18.4 Å². The van der Waals surface area contributed by atoms with Gasteiger partial charge in [-0.3, -0.25) is 4.79 Å². The molecular formula is C13H23N3O3S. The summed E-state index contributed by atoms with van der Waals surface area (Å²) in [5.74, 6) is 0.569. The van der Waals surface area contributed by atoms with Crippen molar-refractivity contribution in [3.05, 3.63) is 22.6 Å². The molecule has 114 valence electrons. The summed E-state index contributed by atoms with van der Waals surface area (Å²) < 4.78 is 24.4. The van der Waals surface area contributed by atoms with Gasteiger partial charge in [0.05, 0.1) is 24.2 Å². The van der Waals surface area contributed by atoms with E-state index in [-0.39, 0.29) is 23.6 Å². The number of sulfone groups is 1. The van der Waals surface area contributed by atoms with Crippen molar-refractivity contribution in [1.82, 2.24) is 9.78 Å². The third-order valence-corrected chi connectivity index (χ3v) is 4.55. The highest BCUT2D eigenvalue weighted by atomic mass is 32.2. The highest BCUT2D eigenvalue weighted by Crippen LogP contribution is 2.02. The predicted octanol–water partition coefficient (Wildman–Crippen LogP) is 1.14. The molecule has 0 atom stereocenters. The molecule has 1 rings (SSSR count). The second kappa shape index (κ2) is 7.42. The van der Waals surface area contributed by atoms with Gasteiger partial charge in [-0.25, -0.2) is 13.1 Å². The van der Waals surface area contributed by atoms with E-state index in [1.807, 2.05) is 6.92 Å². The van der Waals surface area contributed by atoms with Crippen LogP contribution < -0.4 is 10.9 Å².